The van der Waals surface area contributed by atoms with Crippen LogP contribution in [0.5, 0.6) is 11.5 Å². The Labute approximate surface area is 291 Å². The molecule has 0 unspecified atom stereocenters. The maximum absolute atomic E-state index is 14.6. The van der Waals surface area contributed by atoms with Crippen LogP contribution in [0.3, 0.4) is 0 Å². The van der Waals surface area contributed by atoms with Crippen molar-refractivity contribution in [3.8, 4) is 11.5 Å². The number of esters is 1. The molecular formula is C41H50N2O6. The summed E-state index contributed by atoms with van der Waals surface area (Å²) in [5, 5.41) is 0. The van der Waals surface area contributed by atoms with Crippen LogP contribution in [0, 0.1) is 11.8 Å². The van der Waals surface area contributed by atoms with Crippen LogP contribution in [0.2, 0.25) is 0 Å². The van der Waals surface area contributed by atoms with Crippen LogP contribution in [0.25, 0.3) is 0 Å². The molecule has 3 aromatic carbocycles. The van der Waals surface area contributed by atoms with E-state index in [0.29, 0.717) is 25.3 Å². The third-order valence-corrected chi connectivity index (χ3v) is 10.8. The number of ether oxygens (including phenoxy) is 4. The first kappa shape index (κ1) is 34.6. The molecule has 3 aliphatic heterocycles. The fraction of sp³-hybridized carbons (Fsp3) is 0.463. The number of para-hydroxylation sites is 1. The van der Waals surface area contributed by atoms with Crippen molar-refractivity contribution in [2.75, 3.05) is 45.4 Å². The number of hydrogen-bond acceptors (Lipinski definition) is 7. The third kappa shape index (κ3) is 7.20. The Morgan fingerprint density at radius 2 is 1.61 bits per heavy atom. The van der Waals surface area contributed by atoms with E-state index in [1.165, 1.54) is 7.11 Å². The van der Waals surface area contributed by atoms with Gasteiger partial charge >= 0.3 is 5.97 Å². The van der Waals surface area contributed by atoms with Crippen molar-refractivity contribution in [1.29, 1.82) is 0 Å². The lowest BCUT2D eigenvalue weighted by Crippen LogP contribution is -2.55. The summed E-state index contributed by atoms with van der Waals surface area (Å²) in [7, 11) is 2.99. The largest absolute Gasteiger partial charge is 0.504 e. The Morgan fingerprint density at radius 1 is 0.898 bits per heavy atom. The van der Waals surface area contributed by atoms with E-state index in [1.54, 1.807) is 13.4 Å². The molecule has 0 saturated carbocycles. The Kier molecular flexibility index (Phi) is 11.2. The second-order valence-corrected chi connectivity index (χ2v) is 13.5. The van der Waals surface area contributed by atoms with Gasteiger partial charge in [0.1, 0.15) is 18.1 Å². The van der Waals surface area contributed by atoms with E-state index in [0.717, 1.165) is 86.3 Å². The number of carbonyl (C=O) groups is 2. The molecule has 2 fully saturated rings. The highest BCUT2D eigenvalue weighted by molar-refractivity contribution is 6.09. The second-order valence-electron chi connectivity index (χ2n) is 13.5. The Bertz CT molecular complexity index is 1590. The lowest BCUT2D eigenvalue weighted by atomic mass is 9.67. The van der Waals surface area contributed by atoms with Gasteiger partial charge in [-0.1, -0.05) is 74.7 Å². The van der Waals surface area contributed by atoms with Gasteiger partial charge < -0.3 is 23.8 Å². The zero-order chi connectivity index (χ0) is 34.2. The number of benzene rings is 3. The number of carbonyl (C=O) groups excluding carboxylic acids is 2. The summed E-state index contributed by atoms with van der Waals surface area (Å²) in [4.78, 5) is 32.0. The van der Waals surface area contributed by atoms with Gasteiger partial charge in [0.2, 0.25) is 5.91 Å². The van der Waals surface area contributed by atoms with Gasteiger partial charge in [0.25, 0.3) is 0 Å². The molecule has 2 saturated heterocycles. The average molecular weight is 667 g/mol. The molecule has 49 heavy (non-hydrogen) atoms. The molecule has 0 radical (unpaired) electrons. The van der Waals surface area contributed by atoms with Crippen LogP contribution in [0.15, 0.2) is 90.7 Å². The van der Waals surface area contributed by atoms with Crippen molar-refractivity contribution in [3.63, 3.8) is 0 Å². The summed E-state index contributed by atoms with van der Waals surface area (Å²) < 4.78 is 22.4. The van der Waals surface area contributed by atoms with Crippen molar-refractivity contribution in [1.82, 2.24) is 4.90 Å². The van der Waals surface area contributed by atoms with Gasteiger partial charge in [-0.2, -0.15) is 0 Å². The summed E-state index contributed by atoms with van der Waals surface area (Å²) in [6.07, 6.45) is 7.96. The number of nitrogens with zero attached hydrogens (tertiary/aromatic N) is 2. The predicted molar refractivity (Wildman–Crippen MR) is 191 cm³/mol. The highest BCUT2D eigenvalue weighted by Crippen LogP contribution is 2.55. The fourth-order valence-corrected chi connectivity index (χ4v) is 8.34. The molecule has 3 heterocycles. The number of methoxy groups -OCH3 is 2. The number of rotatable bonds is 15. The van der Waals surface area contributed by atoms with Gasteiger partial charge in [0.15, 0.2) is 0 Å². The molecule has 0 N–H and O–H groups in total. The Hall–Kier alpha value is -4.30. The number of unbranched alkanes of at least 4 members (excludes halogenated alkanes) is 3. The zero-order valence-electron chi connectivity index (χ0n) is 29.1. The first-order chi connectivity index (χ1) is 24.0. The Morgan fingerprint density at radius 3 is 2.35 bits per heavy atom. The molecule has 6 rings (SSSR count). The van der Waals surface area contributed by atoms with E-state index in [1.807, 2.05) is 53.4 Å². The van der Waals surface area contributed by atoms with Crippen LogP contribution in [-0.2, 0) is 31.1 Å². The second kappa shape index (κ2) is 15.9. The highest BCUT2D eigenvalue weighted by atomic mass is 16.5. The topological polar surface area (TPSA) is 77.5 Å². The number of anilines is 1. The van der Waals surface area contributed by atoms with E-state index >= 15 is 0 Å². The van der Waals surface area contributed by atoms with E-state index < -0.39 is 5.41 Å². The Balaban J connectivity index is 1.02. The predicted octanol–water partition coefficient (Wildman–Crippen LogP) is 7.31. The lowest BCUT2D eigenvalue weighted by Gasteiger charge is -2.45. The summed E-state index contributed by atoms with van der Waals surface area (Å²) >= 11 is 0. The third-order valence-electron chi connectivity index (χ3n) is 10.8. The van der Waals surface area contributed by atoms with Crippen molar-refractivity contribution in [2.45, 2.75) is 69.9 Å². The summed E-state index contributed by atoms with van der Waals surface area (Å²) in [6.45, 7) is 5.81. The van der Waals surface area contributed by atoms with Crippen LogP contribution in [0.1, 0.15) is 63.0 Å². The number of fused-ring (bicyclic) bond motifs is 4. The standard InChI is InChI=1S/C41H50N2O6/c1-4-31-27-42-24-22-41(38(42)26-34(31)35(29-46-2)39(44)47-3)36-16-10-11-17-37(36)43(40(41)45)23-12-5-6-13-25-48-32-18-20-33(21-19-32)49-28-30-14-8-7-9-15-30/h7-11,14-21,29,31,34,38H,4-6,12-13,22-28H2,1-3H3/b35-29+/t31-,34-,38-,41+/m0/s1. The molecule has 8 nitrogen and oxygen atoms in total. The minimum absolute atomic E-state index is 0.0190. The minimum atomic E-state index is -0.599. The number of piperidine rings is 1. The van der Waals surface area contributed by atoms with Crippen molar-refractivity contribution in [2.24, 2.45) is 11.8 Å². The van der Waals surface area contributed by atoms with Crippen LogP contribution < -0.4 is 14.4 Å². The molecule has 260 valence electrons. The van der Waals surface area contributed by atoms with E-state index in [2.05, 4.69) is 42.2 Å². The summed E-state index contributed by atoms with van der Waals surface area (Å²) in [5.74, 6) is 1.79. The van der Waals surface area contributed by atoms with Gasteiger partial charge in [0.05, 0.1) is 38.1 Å². The van der Waals surface area contributed by atoms with Gasteiger partial charge in [-0.25, -0.2) is 4.79 Å². The maximum atomic E-state index is 14.6. The first-order valence-electron chi connectivity index (χ1n) is 17.9. The summed E-state index contributed by atoms with van der Waals surface area (Å²) in [6, 6.07) is 26.3. The monoisotopic (exact) mass is 666 g/mol. The minimum Gasteiger partial charge on any atom is -0.504 e. The highest BCUT2D eigenvalue weighted by Gasteiger charge is 2.62. The first-order valence-corrected chi connectivity index (χ1v) is 17.9. The van der Waals surface area contributed by atoms with Gasteiger partial charge in [-0.15, -0.1) is 0 Å². The molecular weight excluding hydrogens is 616 g/mol. The van der Waals surface area contributed by atoms with Crippen molar-refractivity contribution >= 4 is 17.6 Å². The van der Waals surface area contributed by atoms with Gasteiger partial charge in [0, 0.05) is 24.8 Å². The van der Waals surface area contributed by atoms with E-state index in [9.17, 15) is 9.59 Å². The molecule has 8 heteroatoms. The van der Waals surface area contributed by atoms with Gasteiger partial charge in [-0.05, 0) is 85.5 Å². The molecule has 0 aliphatic carbocycles. The molecule has 3 aliphatic rings. The lowest BCUT2D eigenvalue weighted by molar-refractivity contribution is -0.137. The maximum Gasteiger partial charge on any atom is 0.337 e. The summed E-state index contributed by atoms with van der Waals surface area (Å²) in [5.41, 5.74) is 3.30. The van der Waals surface area contributed by atoms with Gasteiger partial charge in [-0.3, -0.25) is 9.69 Å². The smallest absolute Gasteiger partial charge is 0.337 e. The fourth-order valence-electron chi connectivity index (χ4n) is 8.34. The van der Waals surface area contributed by atoms with Crippen LogP contribution >= 0.6 is 0 Å². The molecule has 3 aromatic rings. The van der Waals surface area contributed by atoms with E-state index in [-0.39, 0.29) is 29.8 Å². The quantitative estimate of drug-likeness (QED) is 0.0729. The molecule has 0 aromatic heterocycles. The average Bonchev–Trinajstić information content (AvgIpc) is 3.63. The zero-order valence-corrected chi connectivity index (χ0v) is 29.1. The normalized spacial score (nSPS) is 23.3. The SMILES string of the molecule is CC[C@H]1CN2CC[C@]3(C(=O)N(CCCCCCOc4ccc(OCc5ccccc5)cc4)c4ccccc43)[C@@H]2C[C@@H]1/C(=C\OC)C(=O)OC. The molecule has 4 atom stereocenters. The van der Waals surface area contributed by atoms with Crippen LogP contribution in [-0.4, -0.2) is 63.3 Å². The van der Waals surface area contributed by atoms with E-state index in [4.69, 9.17) is 18.9 Å². The molecule has 1 spiro atoms. The molecule has 1 amide bonds. The number of hydrogen-bond donors (Lipinski definition) is 0. The van der Waals surface area contributed by atoms with Crippen LogP contribution in [0.4, 0.5) is 5.69 Å². The number of amides is 1. The van der Waals surface area contributed by atoms with Crippen molar-refractivity contribution in [3.05, 3.63) is 102 Å². The van der Waals surface area contributed by atoms with Crippen molar-refractivity contribution < 1.29 is 28.5 Å². The molecule has 0 bridgehead atoms.